The Morgan fingerprint density at radius 1 is 1.00 bits per heavy atom. The average molecular weight is 274 g/mol. The van der Waals surface area contributed by atoms with Crippen LogP contribution in [-0.4, -0.2) is 37.0 Å². The molecule has 114 valence electrons. The van der Waals surface area contributed by atoms with Gasteiger partial charge in [0.05, 0.1) is 24.9 Å². The fourth-order valence-corrected chi connectivity index (χ4v) is 1.36. The van der Waals surface area contributed by atoms with Crippen molar-refractivity contribution in [2.45, 2.75) is 72.7 Å². The molecule has 0 aliphatic carbocycles. The Labute approximate surface area is 117 Å². The third kappa shape index (κ3) is 12.2. The van der Waals surface area contributed by atoms with Crippen LogP contribution in [0, 0.1) is 5.92 Å². The number of hydrogen-bond acceptors (Lipinski definition) is 4. The molecule has 0 N–H and O–H groups in total. The Bertz CT molecular complexity index is 255. The van der Waals surface area contributed by atoms with Crippen LogP contribution in [-0.2, 0) is 19.0 Å². The van der Waals surface area contributed by atoms with Crippen molar-refractivity contribution >= 4 is 5.97 Å². The van der Waals surface area contributed by atoms with E-state index >= 15 is 0 Å². The topological polar surface area (TPSA) is 44.8 Å². The van der Waals surface area contributed by atoms with Gasteiger partial charge in [-0.2, -0.15) is 0 Å². The smallest absolute Gasteiger partial charge is 0.306 e. The molecule has 0 aliphatic rings. The quantitative estimate of drug-likeness (QED) is 0.638. The lowest BCUT2D eigenvalue weighted by Crippen LogP contribution is -2.29. The first-order chi connectivity index (χ1) is 8.60. The standard InChI is InChI=1S/C15H30O4/c1-11(2)8-14(16)19-13(4)9-17-12(3)10-18-15(5,6)7/h11-13H,8-10H2,1-7H3. The van der Waals surface area contributed by atoms with E-state index < -0.39 is 0 Å². The summed E-state index contributed by atoms with van der Waals surface area (Å²) in [5.74, 6) is 0.157. The maximum absolute atomic E-state index is 11.5. The predicted octanol–water partition coefficient (Wildman–Crippen LogP) is 3.18. The molecule has 0 saturated carbocycles. The van der Waals surface area contributed by atoms with Crippen LogP contribution in [0.4, 0.5) is 0 Å². The lowest BCUT2D eigenvalue weighted by Gasteiger charge is -2.23. The highest BCUT2D eigenvalue weighted by atomic mass is 16.6. The Kier molecular flexibility index (Phi) is 8.26. The minimum absolute atomic E-state index is 0.00882. The largest absolute Gasteiger partial charge is 0.460 e. The van der Waals surface area contributed by atoms with Crippen molar-refractivity contribution in [1.29, 1.82) is 0 Å². The van der Waals surface area contributed by atoms with Crippen molar-refractivity contribution in [2.75, 3.05) is 13.2 Å². The third-order valence-electron chi connectivity index (χ3n) is 2.27. The van der Waals surface area contributed by atoms with E-state index in [0.29, 0.717) is 25.6 Å². The van der Waals surface area contributed by atoms with Gasteiger partial charge in [0, 0.05) is 6.42 Å². The first-order valence-corrected chi connectivity index (χ1v) is 7.05. The van der Waals surface area contributed by atoms with Gasteiger partial charge in [0.25, 0.3) is 0 Å². The molecule has 0 spiro atoms. The number of carbonyl (C=O) groups excluding carboxylic acids is 1. The van der Waals surface area contributed by atoms with Crippen LogP contribution in [0.1, 0.15) is 54.9 Å². The zero-order chi connectivity index (χ0) is 15.1. The van der Waals surface area contributed by atoms with Gasteiger partial charge in [0.2, 0.25) is 0 Å². The molecular formula is C15H30O4. The number of hydrogen-bond donors (Lipinski definition) is 0. The summed E-state index contributed by atoms with van der Waals surface area (Å²) in [5, 5.41) is 0. The summed E-state index contributed by atoms with van der Waals surface area (Å²) >= 11 is 0. The van der Waals surface area contributed by atoms with Crippen molar-refractivity contribution < 1.29 is 19.0 Å². The van der Waals surface area contributed by atoms with Gasteiger partial charge in [-0.05, 0) is 40.5 Å². The van der Waals surface area contributed by atoms with E-state index in [1.807, 2.05) is 48.5 Å². The van der Waals surface area contributed by atoms with Crippen LogP contribution in [0.15, 0.2) is 0 Å². The first kappa shape index (κ1) is 18.4. The molecule has 4 heteroatoms. The summed E-state index contributed by atoms with van der Waals surface area (Å²) in [7, 11) is 0. The summed E-state index contributed by atoms with van der Waals surface area (Å²) in [4.78, 5) is 11.5. The van der Waals surface area contributed by atoms with Gasteiger partial charge in [0.15, 0.2) is 0 Å². The molecule has 0 heterocycles. The maximum atomic E-state index is 11.5. The normalized spacial score (nSPS) is 15.4. The van der Waals surface area contributed by atoms with Crippen LogP contribution >= 0.6 is 0 Å². The van der Waals surface area contributed by atoms with E-state index in [9.17, 15) is 4.79 Å². The monoisotopic (exact) mass is 274 g/mol. The highest BCUT2D eigenvalue weighted by Crippen LogP contribution is 2.09. The number of rotatable bonds is 8. The van der Waals surface area contributed by atoms with Crippen molar-refractivity contribution in [3.63, 3.8) is 0 Å². The van der Waals surface area contributed by atoms with Crippen LogP contribution in [0.3, 0.4) is 0 Å². The molecule has 19 heavy (non-hydrogen) atoms. The van der Waals surface area contributed by atoms with Gasteiger partial charge in [0.1, 0.15) is 6.10 Å². The second-order valence-corrected chi connectivity index (χ2v) is 6.47. The SMILES string of the molecule is CC(C)CC(=O)OC(C)COC(C)COC(C)(C)C. The van der Waals surface area contributed by atoms with Crippen molar-refractivity contribution in [2.24, 2.45) is 5.92 Å². The molecule has 0 aliphatic heterocycles. The molecule has 0 saturated heterocycles. The van der Waals surface area contributed by atoms with Gasteiger partial charge in [-0.3, -0.25) is 4.79 Å². The van der Waals surface area contributed by atoms with E-state index in [1.54, 1.807) is 0 Å². The van der Waals surface area contributed by atoms with Gasteiger partial charge >= 0.3 is 5.97 Å². The third-order valence-corrected chi connectivity index (χ3v) is 2.27. The van der Waals surface area contributed by atoms with Gasteiger partial charge in [-0.1, -0.05) is 13.8 Å². The minimum Gasteiger partial charge on any atom is -0.460 e. The van der Waals surface area contributed by atoms with Crippen molar-refractivity contribution in [3.8, 4) is 0 Å². The number of ether oxygens (including phenoxy) is 3. The fourth-order valence-electron chi connectivity index (χ4n) is 1.36. The molecule has 0 aromatic rings. The highest BCUT2D eigenvalue weighted by Gasteiger charge is 2.15. The van der Waals surface area contributed by atoms with Gasteiger partial charge in [-0.25, -0.2) is 0 Å². The molecule has 0 aromatic carbocycles. The summed E-state index contributed by atoms with van der Waals surface area (Å²) in [6, 6.07) is 0. The van der Waals surface area contributed by atoms with Crippen LogP contribution in [0.5, 0.6) is 0 Å². The van der Waals surface area contributed by atoms with E-state index in [-0.39, 0.29) is 23.8 Å². The summed E-state index contributed by atoms with van der Waals surface area (Å²) in [5.41, 5.74) is -0.160. The summed E-state index contributed by atoms with van der Waals surface area (Å²) in [6.07, 6.45) is 0.223. The molecule has 4 nitrogen and oxygen atoms in total. The molecule has 2 unspecified atom stereocenters. The number of esters is 1. The molecule has 0 rings (SSSR count). The molecule has 0 fully saturated rings. The van der Waals surface area contributed by atoms with Crippen molar-refractivity contribution in [3.05, 3.63) is 0 Å². The Hall–Kier alpha value is -0.610. The Morgan fingerprint density at radius 3 is 2.05 bits per heavy atom. The van der Waals surface area contributed by atoms with E-state index in [0.717, 1.165) is 0 Å². The molecule has 0 bridgehead atoms. The summed E-state index contributed by atoms with van der Waals surface area (Å²) < 4.78 is 16.5. The molecule has 0 aromatic heterocycles. The lowest BCUT2D eigenvalue weighted by molar-refractivity contribution is -0.154. The maximum Gasteiger partial charge on any atom is 0.306 e. The number of carbonyl (C=O) groups is 1. The highest BCUT2D eigenvalue weighted by molar-refractivity contribution is 5.69. The minimum atomic E-state index is -0.219. The zero-order valence-corrected chi connectivity index (χ0v) is 13.5. The van der Waals surface area contributed by atoms with Crippen LogP contribution in [0.25, 0.3) is 0 Å². The molecular weight excluding hydrogens is 244 g/mol. The summed E-state index contributed by atoms with van der Waals surface area (Å²) in [6.45, 7) is 14.8. The average Bonchev–Trinajstić information content (AvgIpc) is 2.21. The Balaban J connectivity index is 3.77. The molecule has 0 amide bonds. The van der Waals surface area contributed by atoms with E-state index in [4.69, 9.17) is 14.2 Å². The predicted molar refractivity (Wildman–Crippen MR) is 76.1 cm³/mol. The van der Waals surface area contributed by atoms with Crippen LogP contribution in [0.2, 0.25) is 0 Å². The lowest BCUT2D eigenvalue weighted by atomic mass is 10.1. The molecule has 0 radical (unpaired) electrons. The van der Waals surface area contributed by atoms with Crippen LogP contribution < -0.4 is 0 Å². The van der Waals surface area contributed by atoms with E-state index in [1.165, 1.54) is 0 Å². The second kappa shape index (κ2) is 8.54. The fraction of sp³-hybridized carbons (Fsp3) is 0.933. The Morgan fingerprint density at radius 2 is 1.58 bits per heavy atom. The molecule has 2 atom stereocenters. The van der Waals surface area contributed by atoms with Gasteiger partial charge < -0.3 is 14.2 Å². The van der Waals surface area contributed by atoms with Crippen molar-refractivity contribution in [1.82, 2.24) is 0 Å². The zero-order valence-electron chi connectivity index (χ0n) is 13.5. The van der Waals surface area contributed by atoms with E-state index in [2.05, 4.69) is 0 Å². The first-order valence-electron chi connectivity index (χ1n) is 7.05. The second-order valence-electron chi connectivity index (χ2n) is 6.47. The van der Waals surface area contributed by atoms with Gasteiger partial charge in [-0.15, -0.1) is 0 Å².